The zero-order valence-electron chi connectivity index (χ0n) is 28.5. The summed E-state index contributed by atoms with van der Waals surface area (Å²) in [5, 5.41) is 0. The van der Waals surface area contributed by atoms with Crippen molar-refractivity contribution in [3.8, 4) is 0 Å². The Balaban J connectivity index is 4.86. The van der Waals surface area contributed by atoms with Gasteiger partial charge in [-0.15, -0.1) is 0 Å². The van der Waals surface area contributed by atoms with Crippen LogP contribution in [0.3, 0.4) is 0 Å². The van der Waals surface area contributed by atoms with Crippen molar-refractivity contribution in [2.24, 2.45) is 0 Å². The Hall–Kier alpha value is -1.30. The molecule has 0 N–H and O–H groups in total. The van der Waals surface area contributed by atoms with E-state index in [4.69, 9.17) is 14.2 Å². The van der Waals surface area contributed by atoms with Crippen LogP contribution >= 0.6 is 0 Å². The van der Waals surface area contributed by atoms with Crippen LogP contribution < -0.4 is 0 Å². The Morgan fingerprint density at radius 2 is 0.744 bits per heavy atom. The monoisotopic (exact) mass is 607 g/mol. The van der Waals surface area contributed by atoms with Crippen molar-refractivity contribution in [1.29, 1.82) is 0 Å². The highest BCUT2D eigenvalue weighted by molar-refractivity contribution is 5.49. The molecular weight excluding hydrogens is 536 g/mol. The summed E-state index contributed by atoms with van der Waals surface area (Å²) in [5.74, 6) is 0. The summed E-state index contributed by atoms with van der Waals surface area (Å²) in [7, 11) is 0. The van der Waals surface area contributed by atoms with Crippen LogP contribution in [-0.4, -0.2) is 38.4 Å². The lowest BCUT2D eigenvalue weighted by atomic mass is 10.1. The SMILES string of the molecule is CCCCCCCCOC(C=CCCCCCCCC=O)OC(C=CCCCCCCCC=O)OCCCCCCCC. The standard InChI is InChI=1S/C38H70O5/c1-3-5-7-9-23-29-35-41-37(31-25-19-15-11-13-17-21-27-33-39)43-38(42-36-30-24-10-8-6-4-2)32-26-20-16-12-14-18-22-28-34-40/h25-26,31-34,37-38H,3-24,27-30,35-36H2,1-2H3. The predicted molar refractivity (Wildman–Crippen MR) is 182 cm³/mol. The van der Waals surface area contributed by atoms with Gasteiger partial charge in [0.05, 0.1) is 13.2 Å². The van der Waals surface area contributed by atoms with Gasteiger partial charge in [-0.1, -0.05) is 129 Å². The third-order valence-corrected chi connectivity index (χ3v) is 7.80. The Kier molecular flexibility index (Phi) is 35.8. The Bertz CT molecular complexity index is 565. The van der Waals surface area contributed by atoms with E-state index in [-0.39, 0.29) is 0 Å². The molecule has 0 aliphatic heterocycles. The van der Waals surface area contributed by atoms with Gasteiger partial charge in [-0.25, -0.2) is 0 Å². The molecule has 0 heterocycles. The molecular formula is C38H70O5. The maximum absolute atomic E-state index is 10.5. The summed E-state index contributed by atoms with van der Waals surface area (Å²) in [6.07, 6.45) is 39.4. The number of rotatable bonds is 36. The lowest BCUT2D eigenvalue weighted by Gasteiger charge is -2.22. The predicted octanol–water partition coefficient (Wildman–Crippen LogP) is 11.4. The van der Waals surface area contributed by atoms with Crippen LogP contribution in [0.25, 0.3) is 0 Å². The highest BCUT2D eigenvalue weighted by Gasteiger charge is 2.13. The van der Waals surface area contributed by atoms with Crippen molar-refractivity contribution in [3.05, 3.63) is 24.3 Å². The van der Waals surface area contributed by atoms with Gasteiger partial charge in [0.25, 0.3) is 0 Å². The first-order chi connectivity index (χ1) is 21.3. The molecule has 0 aromatic heterocycles. The Labute approximate surface area is 267 Å². The first-order valence-corrected chi connectivity index (χ1v) is 18.4. The number of carbonyl (C=O) groups is 2. The average Bonchev–Trinajstić information content (AvgIpc) is 3.01. The van der Waals surface area contributed by atoms with Gasteiger partial charge in [0.15, 0.2) is 12.6 Å². The van der Waals surface area contributed by atoms with Crippen LogP contribution in [0, 0.1) is 0 Å². The van der Waals surface area contributed by atoms with E-state index in [2.05, 4.69) is 38.2 Å². The number of aldehydes is 2. The minimum atomic E-state index is -0.403. The fourth-order valence-corrected chi connectivity index (χ4v) is 5.03. The molecule has 0 spiro atoms. The molecule has 0 aliphatic carbocycles. The molecule has 0 aromatic carbocycles. The van der Waals surface area contributed by atoms with E-state index in [0.717, 1.165) is 76.8 Å². The van der Waals surface area contributed by atoms with Gasteiger partial charge < -0.3 is 23.8 Å². The summed E-state index contributed by atoms with van der Waals surface area (Å²) in [6.45, 7) is 5.91. The summed E-state index contributed by atoms with van der Waals surface area (Å²) >= 11 is 0. The number of allylic oxidation sites excluding steroid dienone is 2. The van der Waals surface area contributed by atoms with E-state index in [0.29, 0.717) is 26.1 Å². The van der Waals surface area contributed by atoms with Crippen LogP contribution in [0.5, 0.6) is 0 Å². The van der Waals surface area contributed by atoms with Crippen molar-refractivity contribution in [1.82, 2.24) is 0 Å². The van der Waals surface area contributed by atoms with E-state index in [1.54, 1.807) is 0 Å². The molecule has 5 heteroatoms. The van der Waals surface area contributed by atoms with Crippen LogP contribution in [0.4, 0.5) is 0 Å². The molecule has 43 heavy (non-hydrogen) atoms. The second kappa shape index (κ2) is 36.9. The molecule has 0 radical (unpaired) electrons. The number of carbonyl (C=O) groups excluding carboxylic acids is 2. The highest BCUT2D eigenvalue weighted by atomic mass is 16.8. The van der Waals surface area contributed by atoms with Crippen molar-refractivity contribution in [3.63, 3.8) is 0 Å². The van der Waals surface area contributed by atoms with E-state index in [9.17, 15) is 9.59 Å². The van der Waals surface area contributed by atoms with E-state index >= 15 is 0 Å². The summed E-state index contributed by atoms with van der Waals surface area (Å²) in [5.41, 5.74) is 0. The van der Waals surface area contributed by atoms with Gasteiger partial charge in [0, 0.05) is 12.8 Å². The minimum Gasteiger partial charge on any atom is -0.349 e. The molecule has 5 nitrogen and oxygen atoms in total. The van der Waals surface area contributed by atoms with Crippen LogP contribution in [0.15, 0.2) is 24.3 Å². The maximum Gasteiger partial charge on any atom is 0.180 e. The van der Waals surface area contributed by atoms with Crippen molar-refractivity contribution >= 4 is 12.6 Å². The lowest BCUT2D eigenvalue weighted by Crippen LogP contribution is -2.25. The van der Waals surface area contributed by atoms with Crippen LogP contribution in [-0.2, 0) is 23.8 Å². The van der Waals surface area contributed by atoms with Gasteiger partial charge >= 0.3 is 0 Å². The molecule has 0 amide bonds. The third kappa shape index (κ3) is 33.4. The second-order valence-electron chi connectivity index (χ2n) is 12.0. The number of hydrogen-bond acceptors (Lipinski definition) is 5. The quantitative estimate of drug-likeness (QED) is 0.0307. The van der Waals surface area contributed by atoms with Gasteiger partial charge in [0.2, 0.25) is 0 Å². The Morgan fingerprint density at radius 3 is 1.12 bits per heavy atom. The Morgan fingerprint density at radius 1 is 0.419 bits per heavy atom. The minimum absolute atomic E-state index is 0.403. The van der Waals surface area contributed by atoms with Crippen molar-refractivity contribution < 1.29 is 23.8 Å². The molecule has 0 fully saturated rings. The van der Waals surface area contributed by atoms with Crippen LogP contribution in [0.1, 0.15) is 181 Å². The summed E-state index contributed by atoms with van der Waals surface area (Å²) in [4.78, 5) is 21.0. The van der Waals surface area contributed by atoms with Crippen molar-refractivity contribution in [2.75, 3.05) is 13.2 Å². The molecule has 0 saturated carbocycles. The molecule has 0 aromatic rings. The third-order valence-electron chi connectivity index (χ3n) is 7.80. The molecule has 0 saturated heterocycles. The van der Waals surface area contributed by atoms with Gasteiger partial charge in [0.1, 0.15) is 12.6 Å². The van der Waals surface area contributed by atoms with Crippen molar-refractivity contribution in [2.45, 2.75) is 193 Å². The lowest BCUT2D eigenvalue weighted by molar-refractivity contribution is -0.208. The summed E-state index contributed by atoms with van der Waals surface area (Å²) in [6, 6.07) is 0. The number of ether oxygens (including phenoxy) is 3. The van der Waals surface area contributed by atoms with E-state index in [1.807, 2.05) is 0 Å². The number of unbranched alkanes of at least 4 members (excludes halogenated alkanes) is 22. The molecule has 2 unspecified atom stereocenters. The number of hydrogen-bond donors (Lipinski definition) is 0. The van der Waals surface area contributed by atoms with E-state index < -0.39 is 12.6 Å². The largest absolute Gasteiger partial charge is 0.349 e. The topological polar surface area (TPSA) is 61.8 Å². The van der Waals surface area contributed by atoms with Gasteiger partial charge in [-0.05, 0) is 63.5 Å². The zero-order chi connectivity index (χ0) is 31.3. The smallest absolute Gasteiger partial charge is 0.180 e. The molecule has 2 atom stereocenters. The van der Waals surface area contributed by atoms with E-state index in [1.165, 1.54) is 89.9 Å². The zero-order valence-corrected chi connectivity index (χ0v) is 28.5. The van der Waals surface area contributed by atoms with Crippen LogP contribution in [0.2, 0.25) is 0 Å². The molecule has 0 aliphatic rings. The molecule has 0 rings (SSSR count). The maximum atomic E-state index is 10.5. The fourth-order valence-electron chi connectivity index (χ4n) is 5.03. The first-order valence-electron chi connectivity index (χ1n) is 18.4. The molecule has 0 bridgehead atoms. The average molecular weight is 607 g/mol. The second-order valence-corrected chi connectivity index (χ2v) is 12.0. The highest BCUT2D eigenvalue weighted by Crippen LogP contribution is 2.14. The molecule has 252 valence electrons. The van der Waals surface area contributed by atoms with Gasteiger partial charge in [-0.3, -0.25) is 0 Å². The summed E-state index contributed by atoms with van der Waals surface area (Å²) < 4.78 is 18.9. The van der Waals surface area contributed by atoms with Gasteiger partial charge in [-0.2, -0.15) is 0 Å². The first kappa shape index (κ1) is 41.7. The normalized spacial score (nSPS) is 13.3. The fraction of sp³-hybridized carbons (Fsp3) is 0.842.